The number of aliphatic hydroxyl groups is 1. The lowest BCUT2D eigenvalue weighted by Gasteiger charge is -2.60. The van der Waals surface area contributed by atoms with Gasteiger partial charge in [-0.05, 0) is 98.7 Å². The quantitative estimate of drug-likeness (QED) is 0.721. The van der Waals surface area contributed by atoms with Crippen molar-refractivity contribution in [1.82, 2.24) is 0 Å². The predicted molar refractivity (Wildman–Crippen MR) is 89.8 cm³/mol. The Bertz CT molecular complexity index is 528. The van der Waals surface area contributed by atoms with E-state index < -0.39 is 0 Å². The molecule has 0 aliphatic heterocycles. The van der Waals surface area contributed by atoms with Gasteiger partial charge >= 0.3 is 0 Å². The molecule has 0 aromatic rings. The summed E-state index contributed by atoms with van der Waals surface area (Å²) in [4.78, 5) is 12.4. The fourth-order valence-electron chi connectivity index (χ4n) is 8.54. The van der Waals surface area contributed by atoms with Gasteiger partial charge in [0.2, 0.25) is 0 Å². The number of hydrogen-bond donors (Lipinski definition) is 1. The Hall–Kier alpha value is -0.370. The second-order valence-electron chi connectivity index (χ2n) is 9.95. The van der Waals surface area contributed by atoms with Crippen molar-refractivity contribution < 1.29 is 9.90 Å². The third kappa shape index (κ3) is 1.82. The highest BCUT2D eigenvalue weighted by Crippen LogP contribution is 2.70. The standard InChI is InChI=1S/C21H32O2/c1-20-9-6-14(22)12-13(20)2-3-15-16(20)7-10-21-11-8-19(23)18(21)5-4-17(15)21/h13-18,22H,2-12H2,1H3/t13-,14-,15+,16-,17-,18+,20-,21+/m0/s1. The van der Waals surface area contributed by atoms with Crippen LogP contribution in [0.2, 0.25) is 0 Å². The molecule has 2 nitrogen and oxygen atoms in total. The number of aliphatic hydroxyl groups excluding tert-OH is 1. The lowest BCUT2D eigenvalue weighted by Crippen LogP contribution is -2.54. The van der Waals surface area contributed by atoms with E-state index in [0.29, 0.717) is 22.5 Å². The van der Waals surface area contributed by atoms with Gasteiger partial charge in [-0.2, -0.15) is 0 Å². The summed E-state index contributed by atoms with van der Waals surface area (Å²) in [6.45, 7) is 2.56. The normalized spacial score (nSPS) is 58.3. The largest absolute Gasteiger partial charge is 0.393 e. The molecular formula is C21H32O2. The van der Waals surface area contributed by atoms with E-state index in [1.165, 1.54) is 51.4 Å². The van der Waals surface area contributed by atoms with E-state index in [0.717, 1.165) is 42.9 Å². The topological polar surface area (TPSA) is 37.3 Å². The molecule has 0 unspecified atom stereocenters. The molecule has 5 saturated carbocycles. The molecule has 5 aliphatic rings. The van der Waals surface area contributed by atoms with Gasteiger partial charge in [0.1, 0.15) is 5.78 Å². The fraction of sp³-hybridized carbons (Fsp3) is 0.952. The number of Topliss-reactive ketones (excluding diaryl/α,β-unsaturated/α-hetero) is 1. The van der Waals surface area contributed by atoms with E-state index in [1.54, 1.807) is 0 Å². The molecular weight excluding hydrogens is 284 g/mol. The van der Waals surface area contributed by atoms with Crippen LogP contribution in [0.1, 0.15) is 77.6 Å². The SMILES string of the molecule is C[C@]12CC[C@H](O)C[C@@H]1CC[C@@H]1[C@@H]2CC[C@]23CCC(=O)[C@H]2CC[C@@H]13. The Morgan fingerprint density at radius 1 is 0.957 bits per heavy atom. The zero-order valence-electron chi connectivity index (χ0n) is 14.6. The van der Waals surface area contributed by atoms with Gasteiger partial charge in [-0.1, -0.05) is 6.92 Å². The molecule has 128 valence electrons. The van der Waals surface area contributed by atoms with E-state index in [1.807, 2.05) is 0 Å². The Morgan fingerprint density at radius 3 is 2.70 bits per heavy atom. The van der Waals surface area contributed by atoms with Gasteiger partial charge in [-0.3, -0.25) is 4.79 Å². The van der Waals surface area contributed by atoms with Crippen LogP contribution in [-0.2, 0) is 4.79 Å². The van der Waals surface area contributed by atoms with Crippen LogP contribution in [-0.4, -0.2) is 17.0 Å². The van der Waals surface area contributed by atoms with Gasteiger partial charge in [0, 0.05) is 12.3 Å². The van der Waals surface area contributed by atoms with Gasteiger partial charge in [0.25, 0.3) is 0 Å². The molecule has 0 aromatic carbocycles. The van der Waals surface area contributed by atoms with E-state index in [9.17, 15) is 9.90 Å². The highest BCUT2D eigenvalue weighted by Gasteiger charge is 2.64. The lowest BCUT2D eigenvalue weighted by molar-refractivity contribution is -0.133. The summed E-state index contributed by atoms with van der Waals surface area (Å²) in [7, 11) is 0. The van der Waals surface area contributed by atoms with Crippen molar-refractivity contribution in [3.8, 4) is 0 Å². The van der Waals surface area contributed by atoms with E-state index in [2.05, 4.69) is 6.92 Å². The average molecular weight is 316 g/mol. The molecule has 1 N–H and O–H groups in total. The van der Waals surface area contributed by atoms with Crippen LogP contribution in [0.15, 0.2) is 0 Å². The van der Waals surface area contributed by atoms with Gasteiger partial charge < -0.3 is 5.11 Å². The molecule has 0 saturated heterocycles. The Labute approximate surface area is 140 Å². The summed E-state index contributed by atoms with van der Waals surface area (Å²) in [6.07, 6.45) is 13.3. The molecule has 0 aromatic heterocycles. The van der Waals surface area contributed by atoms with Crippen LogP contribution in [0.25, 0.3) is 0 Å². The van der Waals surface area contributed by atoms with E-state index >= 15 is 0 Å². The predicted octanol–water partition coefficient (Wildman–Crippen LogP) is 4.35. The Kier molecular flexibility index (Phi) is 3.14. The average Bonchev–Trinajstić information content (AvgIpc) is 3.06. The molecule has 2 heteroatoms. The molecule has 5 rings (SSSR count). The number of hydrogen-bond acceptors (Lipinski definition) is 2. The number of carbonyl (C=O) groups excluding carboxylic acids is 1. The maximum atomic E-state index is 12.4. The van der Waals surface area contributed by atoms with E-state index in [-0.39, 0.29) is 6.10 Å². The summed E-state index contributed by atoms with van der Waals surface area (Å²) >= 11 is 0. The van der Waals surface area contributed by atoms with Gasteiger partial charge in [-0.25, -0.2) is 0 Å². The molecule has 8 atom stereocenters. The summed E-state index contributed by atoms with van der Waals surface area (Å²) in [5.41, 5.74) is 0.903. The molecule has 0 radical (unpaired) electrons. The molecule has 0 bridgehead atoms. The maximum Gasteiger partial charge on any atom is 0.136 e. The number of ketones is 1. The third-order valence-electron chi connectivity index (χ3n) is 9.58. The van der Waals surface area contributed by atoms with Crippen molar-refractivity contribution in [3.63, 3.8) is 0 Å². The molecule has 1 spiro atoms. The zero-order valence-corrected chi connectivity index (χ0v) is 14.6. The maximum absolute atomic E-state index is 12.4. The van der Waals surface area contributed by atoms with E-state index in [4.69, 9.17) is 0 Å². The monoisotopic (exact) mass is 316 g/mol. The van der Waals surface area contributed by atoms with Crippen LogP contribution >= 0.6 is 0 Å². The summed E-state index contributed by atoms with van der Waals surface area (Å²) in [6, 6.07) is 0. The van der Waals surface area contributed by atoms with Crippen molar-refractivity contribution in [3.05, 3.63) is 0 Å². The molecule has 23 heavy (non-hydrogen) atoms. The number of carbonyl (C=O) groups is 1. The minimum absolute atomic E-state index is 0.0390. The minimum Gasteiger partial charge on any atom is -0.393 e. The first-order chi connectivity index (χ1) is 11.0. The number of fused-ring (bicyclic) bond motifs is 4. The zero-order chi connectivity index (χ0) is 15.8. The third-order valence-corrected chi connectivity index (χ3v) is 9.58. The minimum atomic E-state index is -0.0390. The lowest BCUT2D eigenvalue weighted by atomic mass is 9.44. The summed E-state index contributed by atoms with van der Waals surface area (Å²) < 4.78 is 0. The van der Waals surface area contributed by atoms with Gasteiger partial charge in [-0.15, -0.1) is 0 Å². The fourth-order valence-corrected chi connectivity index (χ4v) is 8.54. The van der Waals surface area contributed by atoms with Crippen molar-refractivity contribution in [2.75, 3.05) is 0 Å². The first-order valence-electron chi connectivity index (χ1n) is 10.3. The van der Waals surface area contributed by atoms with Gasteiger partial charge in [0.05, 0.1) is 6.10 Å². The second-order valence-corrected chi connectivity index (χ2v) is 9.95. The van der Waals surface area contributed by atoms with Crippen LogP contribution < -0.4 is 0 Å². The van der Waals surface area contributed by atoms with Crippen LogP contribution in [0.5, 0.6) is 0 Å². The van der Waals surface area contributed by atoms with Crippen LogP contribution in [0.4, 0.5) is 0 Å². The van der Waals surface area contributed by atoms with Crippen molar-refractivity contribution in [2.45, 2.75) is 83.7 Å². The summed E-state index contributed by atoms with van der Waals surface area (Å²) in [5, 5.41) is 10.1. The van der Waals surface area contributed by atoms with Crippen LogP contribution in [0.3, 0.4) is 0 Å². The first-order valence-corrected chi connectivity index (χ1v) is 10.3. The van der Waals surface area contributed by atoms with Crippen molar-refractivity contribution in [2.24, 2.45) is 40.4 Å². The molecule has 5 aliphatic carbocycles. The molecule has 0 heterocycles. The highest BCUT2D eigenvalue weighted by molar-refractivity contribution is 5.84. The first kappa shape index (κ1) is 14.9. The van der Waals surface area contributed by atoms with Crippen LogP contribution in [0, 0.1) is 40.4 Å². The Morgan fingerprint density at radius 2 is 1.83 bits per heavy atom. The van der Waals surface area contributed by atoms with Crippen molar-refractivity contribution >= 4 is 5.78 Å². The number of rotatable bonds is 0. The molecule has 5 fully saturated rings. The summed E-state index contributed by atoms with van der Waals surface area (Å²) in [5.74, 6) is 4.40. The van der Waals surface area contributed by atoms with Gasteiger partial charge in [0.15, 0.2) is 0 Å². The molecule has 0 amide bonds. The smallest absolute Gasteiger partial charge is 0.136 e. The Balaban J connectivity index is 1.46. The second kappa shape index (κ2) is 4.84. The van der Waals surface area contributed by atoms with Crippen molar-refractivity contribution in [1.29, 1.82) is 0 Å². The highest BCUT2D eigenvalue weighted by atomic mass is 16.3.